The van der Waals surface area contributed by atoms with E-state index in [4.69, 9.17) is 5.11 Å². The topological polar surface area (TPSA) is 169 Å². The maximum atomic E-state index is 11.6. The summed E-state index contributed by atoms with van der Waals surface area (Å²) in [5.74, 6) is -1.95. The highest BCUT2D eigenvalue weighted by atomic mass is 16.4. The van der Waals surface area contributed by atoms with Gasteiger partial charge < -0.3 is 10.4 Å². The van der Waals surface area contributed by atoms with Crippen molar-refractivity contribution in [1.29, 1.82) is 0 Å². The van der Waals surface area contributed by atoms with Crippen LogP contribution in [-0.2, 0) is 4.79 Å². The number of benzene rings is 1. The van der Waals surface area contributed by atoms with Gasteiger partial charge in [-0.1, -0.05) is 18.2 Å². The lowest BCUT2D eigenvalue weighted by Gasteiger charge is -2.03. The molecule has 2 rings (SSSR count). The van der Waals surface area contributed by atoms with Crippen molar-refractivity contribution in [3.8, 4) is 0 Å². The minimum Gasteiger partial charge on any atom is -0.478 e. The first-order chi connectivity index (χ1) is 11.5. The average Bonchev–Trinajstić information content (AvgIpc) is 2.54. The summed E-state index contributed by atoms with van der Waals surface area (Å²) < 4.78 is 0. The maximum Gasteiger partial charge on any atom is 0.342 e. The SMILES string of the molecule is O=C(CNc1n[nH]c(=O)[nH]c1=O)N/N=C/c1ccccc1C(=O)O. The van der Waals surface area contributed by atoms with Crippen LogP contribution in [0, 0.1) is 0 Å². The molecule has 124 valence electrons. The molecule has 0 saturated carbocycles. The van der Waals surface area contributed by atoms with Gasteiger partial charge in [-0.15, -0.1) is 5.10 Å². The minimum absolute atomic E-state index is 0.0394. The molecule has 2 aromatic rings. The van der Waals surface area contributed by atoms with Gasteiger partial charge in [-0.2, -0.15) is 5.10 Å². The average molecular weight is 332 g/mol. The number of hydrogen-bond acceptors (Lipinski definition) is 7. The zero-order valence-corrected chi connectivity index (χ0v) is 12.1. The van der Waals surface area contributed by atoms with Crippen LogP contribution in [0.5, 0.6) is 0 Å². The molecule has 0 saturated heterocycles. The van der Waals surface area contributed by atoms with Crippen LogP contribution >= 0.6 is 0 Å². The highest BCUT2D eigenvalue weighted by molar-refractivity contribution is 5.98. The number of aromatic amines is 2. The van der Waals surface area contributed by atoms with Crippen molar-refractivity contribution in [2.75, 3.05) is 11.9 Å². The molecular weight excluding hydrogens is 320 g/mol. The Morgan fingerprint density at radius 2 is 2.04 bits per heavy atom. The number of carbonyl (C=O) groups excluding carboxylic acids is 1. The van der Waals surface area contributed by atoms with Gasteiger partial charge in [0.1, 0.15) is 0 Å². The number of aromatic nitrogens is 3. The smallest absolute Gasteiger partial charge is 0.342 e. The van der Waals surface area contributed by atoms with E-state index < -0.39 is 23.1 Å². The van der Waals surface area contributed by atoms with Crippen molar-refractivity contribution < 1.29 is 14.7 Å². The molecule has 0 radical (unpaired) electrons. The molecule has 5 N–H and O–H groups in total. The predicted molar refractivity (Wildman–Crippen MR) is 83.1 cm³/mol. The van der Waals surface area contributed by atoms with E-state index in [1.54, 1.807) is 12.1 Å². The van der Waals surface area contributed by atoms with E-state index in [1.165, 1.54) is 18.3 Å². The quantitative estimate of drug-likeness (QED) is 0.324. The fourth-order valence-electron chi connectivity index (χ4n) is 1.65. The second kappa shape index (κ2) is 7.49. The fourth-order valence-corrected chi connectivity index (χ4v) is 1.65. The van der Waals surface area contributed by atoms with Gasteiger partial charge in [-0.25, -0.2) is 20.1 Å². The van der Waals surface area contributed by atoms with Gasteiger partial charge in [0.15, 0.2) is 0 Å². The Bertz CT molecular complexity index is 900. The zero-order valence-electron chi connectivity index (χ0n) is 12.1. The van der Waals surface area contributed by atoms with Crippen molar-refractivity contribution in [1.82, 2.24) is 20.6 Å². The number of carboxylic acids is 1. The minimum atomic E-state index is -1.12. The van der Waals surface area contributed by atoms with Crippen molar-refractivity contribution in [3.05, 3.63) is 56.2 Å². The van der Waals surface area contributed by atoms with Crippen LogP contribution in [0.2, 0.25) is 0 Å². The molecule has 11 nitrogen and oxygen atoms in total. The Labute approximate surface area is 133 Å². The number of carbonyl (C=O) groups is 2. The third kappa shape index (κ3) is 4.37. The molecular formula is C13H12N6O5. The van der Waals surface area contributed by atoms with Gasteiger partial charge in [0.25, 0.3) is 11.5 Å². The van der Waals surface area contributed by atoms with E-state index in [2.05, 4.69) is 20.9 Å². The van der Waals surface area contributed by atoms with Gasteiger partial charge in [0.05, 0.1) is 18.3 Å². The monoisotopic (exact) mass is 332 g/mol. The number of carboxylic acid groups (broad SMARTS) is 1. The normalized spacial score (nSPS) is 10.5. The Hall–Kier alpha value is -3.76. The third-order valence-electron chi connectivity index (χ3n) is 2.71. The van der Waals surface area contributed by atoms with Gasteiger partial charge in [0, 0.05) is 5.56 Å². The lowest BCUT2D eigenvalue weighted by Crippen LogP contribution is -2.31. The summed E-state index contributed by atoms with van der Waals surface area (Å²) in [6.07, 6.45) is 1.19. The molecule has 0 aliphatic carbocycles. The number of amides is 1. The Morgan fingerprint density at radius 1 is 1.29 bits per heavy atom. The molecule has 0 bridgehead atoms. The van der Waals surface area contributed by atoms with Crippen LogP contribution in [0.1, 0.15) is 15.9 Å². The molecule has 1 aromatic carbocycles. The molecule has 0 aliphatic heterocycles. The zero-order chi connectivity index (χ0) is 17.5. The molecule has 1 aromatic heterocycles. The number of anilines is 1. The summed E-state index contributed by atoms with van der Waals surface area (Å²) in [6.45, 7) is -0.333. The standard InChI is InChI=1S/C13H12N6O5/c20-9(6-14-10-11(21)16-13(24)19-18-10)17-15-5-7-3-1-2-4-8(7)12(22)23/h1-5H,6H2,(H,14,18)(H,17,20)(H,22,23)(H2,16,19,21,24)/b15-5+. The number of aromatic carboxylic acids is 1. The number of nitrogens with zero attached hydrogens (tertiary/aromatic N) is 2. The Morgan fingerprint density at radius 3 is 2.75 bits per heavy atom. The number of hydrazone groups is 1. The molecule has 0 fully saturated rings. The first-order valence-corrected chi connectivity index (χ1v) is 6.54. The fraction of sp³-hybridized carbons (Fsp3) is 0.0769. The van der Waals surface area contributed by atoms with Crippen molar-refractivity contribution in [3.63, 3.8) is 0 Å². The first-order valence-electron chi connectivity index (χ1n) is 6.54. The third-order valence-corrected chi connectivity index (χ3v) is 2.71. The van der Waals surface area contributed by atoms with Crippen LogP contribution in [0.4, 0.5) is 5.82 Å². The van der Waals surface area contributed by atoms with Crippen LogP contribution in [0.25, 0.3) is 0 Å². The molecule has 1 heterocycles. The van der Waals surface area contributed by atoms with E-state index >= 15 is 0 Å². The van der Waals surface area contributed by atoms with Gasteiger partial charge in [0.2, 0.25) is 5.82 Å². The molecule has 24 heavy (non-hydrogen) atoms. The van der Waals surface area contributed by atoms with E-state index in [-0.39, 0.29) is 17.9 Å². The lowest BCUT2D eigenvalue weighted by atomic mass is 10.1. The van der Waals surface area contributed by atoms with Gasteiger partial charge in [-0.3, -0.25) is 14.6 Å². The van der Waals surface area contributed by atoms with Crippen molar-refractivity contribution in [2.24, 2.45) is 5.10 Å². The van der Waals surface area contributed by atoms with E-state index in [0.717, 1.165) is 0 Å². The second-order valence-corrected chi connectivity index (χ2v) is 4.39. The van der Waals surface area contributed by atoms with Crippen LogP contribution in [0.15, 0.2) is 39.0 Å². The van der Waals surface area contributed by atoms with Crippen LogP contribution < -0.4 is 22.0 Å². The highest BCUT2D eigenvalue weighted by Gasteiger charge is 2.07. The van der Waals surface area contributed by atoms with Gasteiger partial charge in [-0.05, 0) is 6.07 Å². The lowest BCUT2D eigenvalue weighted by molar-refractivity contribution is -0.119. The van der Waals surface area contributed by atoms with Crippen LogP contribution in [-0.4, -0.2) is 44.9 Å². The van der Waals surface area contributed by atoms with E-state index in [9.17, 15) is 19.2 Å². The maximum absolute atomic E-state index is 11.6. The first kappa shape index (κ1) is 16.6. The number of rotatable bonds is 6. The summed E-state index contributed by atoms with van der Waals surface area (Å²) in [4.78, 5) is 46.7. The molecule has 0 atom stereocenters. The Balaban J connectivity index is 1.93. The summed E-state index contributed by atoms with van der Waals surface area (Å²) in [5.41, 5.74) is 0.978. The summed E-state index contributed by atoms with van der Waals surface area (Å²) in [6, 6.07) is 6.13. The summed E-state index contributed by atoms with van der Waals surface area (Å²) in [7, 11) is 0. The summed E-state index contributed by atoms with van der Waals surface area (Å²) >= 11 is 0. The van der Waals surface area contributed by atoms with Crippen molar-refractivity contribution >= 4 is 23.9 Å². The number of nitrogens with one attached hydrogen (secondary N) is 4. The van der Waals surface area contributed by atoms with Gasteiger partial charge >= 0.3 is 11.7 Å². The van der Waals surface area contributed by atoms with Crippen LogP contribution in [0.3, 0.4) is 0 Å². The molecule has 11 heteroatoms. The summed E-state index contributed by atoms with van der Waals surface area (Å²) in [5, 5.41) is 20.5. The predicted octanol–water partition coefficient (Wildman–Crippen LogP) is -1.28. The molecule has 0 unspecified atom stereocenters. The second-order valence-electron chi connectivity index (χ2n) is 4.39. The molecule has 0 aliphatic rings. The molecule has 0 spiro atoms. The van der Waals surface area contributed by atoms with E-state index in [0.29, 0.717) is 5.56 Å². The Kier molecular flexibility index (Phi) is 5.18. The van der Waals surface area contributed by atoms with E-state index in [1.807, 2.05) is 10.1 Å². The highest BCUT2D eigenvalue weighted by Crippen LogP contribution is 2.05. The number of H-pyrrole nitrogens is 2. The molecule has 1 amide bonds. The number of hydrogen-bond donors (Lipinski definition) is 5. The largest absolute Gasteiger partial charge is 0.478 e. The van der Waals surface area contributed by atoms with Crippen molar-refractivity contribution in [2.45, 2.75) is 0 Å².